The average Bonchev–Trinajstić information content (AvgIpc) is 3.13. The fourth-order valence-corrected chi connectivity index (χ4v) is 4.59. The minimum atomic E-state index is 0.787. The third-order valence-corrected chi connectivity index (χ3v) is 5.66. The number of aryl methyl sites for hydroxylation is 2. The maximum absolute atomic E-state index is 6.22. The van der Waals surface area contributed by atoms with Gasteiger partial charge in [0.25, 0.3) is 0 Å². The van der Waals surface area contributed by atoms with Crippen LogP contribution in [0.1, 0.15) is 16.9 Å². The van der Waals surface area contributed by atoms with E-state index in [1.54, 1.807) is 22.7 Å². The zero-order valence-corrected chi connectivity index (χ0v) is 12.7. The fourth-order valence-electron chi connectivity index (χ4n) is 2.78. The molecule has 2 N–H and O–H groups in total. The van der Waals surface area contributed by atoms with Gasteiger partial charge in [0.15, 0.2) is 11.6 Å². The van der Waals surface area contributed by atoms with E-state index in [0.29, 0.717) is 0 Å². The molecule has 0 atom stereocenters. The zero-order valence-electron chi connectivity index (χ0n) is 11.1. The molecular formula is C14H14N4S2. The van der Waals surface area contributed by atoms with Gasteiger partial charge in [0, 0.05) is 11.9 Å². The third kappa shape index (κ3) is 1.72. The molecule has 3 aromatic rings. The van der Waals surface area contributed by atoms with Crippen molar-refractivity contribution in [1.82, 2.24) is 14.8 Å². The summed E-state index contributed by atoms with van der Waals surface area (Å²) in [5.74, 6) is 1.68. The molecule has 0 saturated heterocycles. The van der Waals surface area contributed by atoms with E-state index in [1.807, 2.05) is 29.2 Å². The van der Waals surface area contributed by atoms with Crippen molar-refractivity contribution in [3.63, 3.8) is 0 Å². The second-order valence-corrected chi connectivity index (χ2v) is 7.04. The molecule has 1 aliphatic rings. The van der Waals surface area contributed by atoms with E-state index < -0.39 is 0 Å². The lowest BCUT2D eigenvalue weighted by Gasteiger charge is -2.01. The summed E-state index contributed by atoms with van der Waals surface area (Å²) in [7, 11) is 1.94. The molecule has 4 nitrogen and oxygen atoms in total. The Morgan fingerprint density at radius 2 is 2.25 bits per heavy atom. The molecule has 6 heteroatoms. The van der Waals surface area contributed by atoms with Gasteiger partial charge in [0.2, 0.25) is 0 Å². The highest BCUT2D eigenvalue weighted by atomic mass is 32.1. The Kier molecular flexibility index (Phi) is 2.68. The van der Waals surface area contributed by atoms with Crippen LogP contribution in [-0.4, -0.2) is 14.8 Å². The summed E-state index contributed by atoms with van der Waals surface area (Å²) in [6.07, 6.45) is 3.49. The monoisotopic (exact) mass is 302 g/mol. The number of hydrogen-bond donors (Lipinski definition) is 1. The predicted molar refractivity (Wildman–Crippen MR) is 84.1 cm³/mol. The van der Waals surface area contributed by atoms with Crippen LogP contribution < -0.4 is 5.73 Å². The highest BCUT2D eigenvalue weighted by molar-refractivity contribution is 7.16. The SMILES string of the molecule is Cn1nc(-c2cccs2)nc1-c1c(N)sc2c1CCC2. The smallest absolute Gasteiger partial charge is 0.191 e. The Labute approximate surface area is 124 Å². The van der Waals surface area contributed by atoms with Gasteiger partial charge in [-0.2, -0.15) is 0 Å². The fraction of sp³-hybridized carbons (Fsp3) is 0.286. The van der Waals surface area contributed by atoms with Gasteiger partial charge in [-0.15, -0.1) is 27.8 Å². The summed E-state index contributed by atoms with van der Waals surface area (Å²) in [5.41, 5.74) is 8.72. The van der Waals surface area contributed by atoms with E-state index in [-0.39, 0.29) is 0 Å². The minimum Gasteiger partial charge on any atom is -0.390 e. The molecule has 3 aromatic heterocycles. The Morgan fingerprint density at radius 3 is 3.05 bits per heavy atom. The molecule has 0 unspecified atom stereocenters. The Bertz CT molecular complexity index is 768. The predicted octanol–water partition coefficient (Wildman–Crippen LogP) is 3.34. The van der Waals surface area contributed by atoms with Crippen molar-refractivity contribution < 1.29 is 0 Å². The van der Waals surface area contributed by atoms with E-state index in [4.69, 9.17) is 10.7 Å². The van der Waals surface area contributed by atoms with Gasteiger partial charge in [-0.25, -0.2) is 9.67 Å². The van der Waals surface area contributed by atoms with Crippen LogP contribution >= 0.6 is 22.7 Å². The molecule has 3 heterocycles. The van der Waals surface area contributed by atoms with Gasteiger partial charge < -0.3 is 5.73 Å². The quantitative estimate of drug-likeness (QED) is 0.790. The Balaban J connectivity index is 1.87. The average molecular weight is 302 g/mol. The highest BCUT2D eigenvalue weighted by Crippen LogP contribution is 2.43. The summed E-state index contributed by atoms with van der Waals surface area (Å²) < 4.78 is 1.85. The molecule has 0 aliphatic heterocycles. The second kappa shape index (κ2) is 4.43. The molecule has 102 valence electrons. The maximum atomic E-state index is 6.22. The molecule has 1 aliphatic carbocycles. The molecule has 0 spiro atoms. The van der Waals surface area contributed by atoms with E-state index in [0.717, 1.165) is 39.9 Å². The minimum absolute atomic E-state index is 0.787. The maximum Gasteiger partial charge on any atom is 0.191 e. The van der Waals surface area contributed by atoms with E-state index in [2.05, 4.69) is 5.10 Å². The Morgan fingerprint density at radius 1 is 1.35 bits per heavy atom. The van der Waals surface area contributed by atoms with Crippen LogP contribution in [0.2, 0.25) is 0 Å². The van der Waals surface area contributed by atoms with Crippen LogP contribution in [0.3, 0.4) is 0 Å². The van der Waals surface area contributed by atoms with E-state index in [1.165, 1.54) is 16.9 Å². The first-order chi connectivity index (χ1) is 9.74. The van der Waals surface area contributed by atoms with Crippen LogP contribution in [0.15, 0.2) is 17.5 Å². The van der Waals surface area contributed by atoms with Gasteiger partial charge >= 0.3 is 0 Å². The van der Waals surface area contributed by atoms with Crippen molar-refractivity contribution in [2.45, 2.75) is 19.3 Å². The molecule has 0 radical (unpaired) electrons. The Hall–Kier alpha value is -1.66. The van der Waals surface area contributed by atoms with Crippen molar-refractivity contribution in [2.75, 3.05) is 5.73 Å². The van der Waals surface area contributed by atoms with Crippen LogP contribution in [0.25, 0.3) is 22.1 Å². The lowest BCUT2D eigenvalue weighted by molar-refractivity contribution is 0.777. The summed E-state index contributed by atoms with van der Waals surface area (Å²) in [6.45, 7) is 0. The van der Waals surface area contributed by atoms with Gasteiger partial charge in [-0.05, 0) is 36.3 Å². The van der Waals surface area contributed by atoms with Crippen molar-refractivity contribution in [1.29, 1.82) is 0 Å². The van der Waals surface area contributed by atoms with Crippen LogP contribution in [-0.2, 0) is 19.9 Å². The van der Waals surface area contributed by atoms with Gasteiger partial charge in [-0.3, -0.25) is 0 Å². The van der Waals surface area contributed by atoms with Crippen molar-refractivity contribution >= 4 is 27.7 Å². The molecule has 0 amide bonds. The zero-order chi connectivity index (χ0) is 13.7. The summed E-state index contributed by atoms with van der Waals surface area (Å²) in [6, 6.07) is 4.07. The molecule has 0 aromatic carbocycles. The highest BCUT2D eigenvalue weighted by Gasteiger charge is 2.25. The molecule has 0 saturated carbocycles. The molecule has 0 fully saturated rings. The lowest BCUT2D eigenvalue weighted by Crippen LogP contribution is -1.97. The summed E-state index contributed by atoms with van der Waals surface area (Å²) in [4.78, 5) is 7.25. The number of nitrogens with two attached hydrogens (primary N) is 1. The second-order valence-electron chi connectivity index (χ2n) is 4.96. The standard InChI is InChI=1S/C14H14N4S2/c1-18-14(16-13(17-18)10-6-3-7-19-10)11-8-4-2-5-9(8)20-12(11)15/h3,6-7H,2,4-5,15H2,1H3. The number of nitrogens with zero attached hydrogens (tertiary/aromatic N) is 3. The molecular weight excluding hydrogens is 288 g/mol. The number of nitrogen functional groups attached to an aromatic ring is 1. The molecule has 4 rings (SSSR count). The van der Waals surface area contributed by atoms with E-state index >= 15 is 0 Å². The third-order valence-electron chi connectivity index (χ3n) is 3.68. The van der Waals surface area contributed by atoms with Crippen molar-refractivity contribution in [2.24, 2.45) is 7.05 Å². The number of thiophene rings is 2. The van der Waals surface area contributed by atoms with Gasteiger partial charge in [-0.1, -0.05) is 6.07 Å². The number of rotatable bonds is 2. The largest absolute Gasteiger partial charge is 0.390 e. The number of fused-ring (bicyclic) bond motifs is 1. The summed E-state index contributed by atoms with van der Waals surface area (Å²) >= 11 is 3.37. The normalized spacial score (nSPS) is 13.8. The molecule has 0 bridgehead atoms. The van der Waals surface area contributed by atoms with Crippen LogP contribution in [0, 0.1) is 0 Å². The first kappa shape index (κ1) is 12.1. The number of hydrogen-bond acceptors (Lipinski definition) is 5. The van der Waals surface area contributed by atoms with Crippen LogP contribution in [0.4, 0.5) is 5.00 Å². The molecule has 20 heavy (non-hydrogen) atoms. The first-order valence-corrected chi connectivity index (χ1v) is 8.29. The summed E-state index contributed by atoms with van der Waals surface area (Å²) in [5, 5.41) is 7.46. The van der Waals surface area contributed by atoms with Gasteiger partial charge in [0.1, 0.15) is 0 Å². The van der Waals surface area contributed by atoms with Crippen molar-refractivity contribution in [3.05, 3.63) is 28.0 Å². The lowest BCUT2D eigenvalue weighted by atomic mass is 10.1. The number of anilines is 1. The number of aromatic nitrogens is 3. The van der Waals surface area contributed by atoms with Gasteiger partial charge in [0.05, 0.1) is 15.4 Å². The van der Waals surface area contributed by atoms with Crippen molar-refractivity contribution in [3.8, 4) is 22.1 Å². The topological polar surface area (TPSA) is 56.7 Å². The van der Waals surface area contributed by atoms with Crippen LogP contribution in [0.5, 0.6) is 0 Å². The first-order valence-electron chi connectivity index (χ1n) is 6.59. The van der Waals surface area contributed by atoms with E-state index in [9.17, 15) is 0 Å².